The summed E-state index contributed by atoms with van der Waals surface area (Å²) in [4.78, 5) is 4.30. The van der Waals surface area contributed by atoms with Crippen molar-refractivity contribution in [2.24, 2.45) is 10.4 Å². The minimum atomic E-state index is 0.0672. The number of aliphatic imine (C=N–C) groups is 1. The summed E-state index contributed by atoms with van der Waals surface area (Å²) in [5.41, 5.74) is 0.0672. The van der Waals surface area contributed by atoms with Crippen LogP contribution in [0.2, 0.25) is 0 Å². The molecule has 0 saturated heterocycles. The van der Waals surface area contributed by atoms with Gasteiger partial charge >= 0.3 is 0 Å². The second-order valence-corrected chi connectivity index (χ2v) is 4.30. The lowest BCUT2D eigenvalue weighted by Gasteiger charge is -2.24. The van der Waals surface area contributed by atoms with E-state index in [9.17, 15) is 0 Å². The molecule has 1 aliphatic heterocycles. The number of hydrogen-bond acceptors (Lipinski definition) is 2. The molecular weight excluding hydrogens is 186 g/mol. The average molecular weight is 207 g/mol. The van der Waals surface area contributed by atoms with E-state index in [1.165, 1.54) is 0 Å². The van der Waals surface area contributed by atoms with Crippen molar-refractivity contribution in [1.29, 1.82) is 0 Å². The van der Waals surface area contributed by atoms with Crippen LogP contribution in [0.3, 0.4) is 0 Å². The molecule has 0 aromatic carbocycles. The van der Waals surface area contributed by atoms with Crippen molar-refractivity contribution in [1.82, 2.24) is 0 Å². The highest BCUT2D eigenvalue weighted by Gasteiger charge is 2.22. The molecule has 2 nitrogen and oxygen atoms in total. The van der Waals surface area contributed by atoms with E-state index in [4.69, 9.17) is 4.74 Å². The Kier molecular flexibility index (Phi) is 4.60. The van der Waals surface area contributed by atoms with Gasteiger partial charge in [0.15, 0.2) is 0 Å². The van der Waals surface area contributed by atoms with Gasteiger partial charge in [0.25, 0.3) is 0 Å². The van der Waals surface area contributed by atoms with Crippen LogP contribution in [0.15, 0.2) is 29.1 Å². The van der Waals surface area contributed by atoms with E-state index in [0.717, 1.165) is 31.6 Å². The zero-order valence-corrected chi connectivity index (χ0v) is 9.99. The molecule has 1 aliphatic rings. The van der Waals surface area contributed by atoms with Gasteiger partial charge in [-0.2, -0.15) is 0 Å². The molecule has 0 radical (unpaired) electrons. The fourth-order valence-electron chi connectivity index (χ4n) is 1.69. The summed E-state index contributed by atoms with van der Waals surface area (Å²) in [6, 6.07) is 0. The van der Waals surface area contributed by atoms with Gasteiger partial charge in [0.1, 0.15) is 0 Å². The third kappa shape index (κ3) is 3.90. The largest absolute Gasteiger partial charge is 0.497 e. The Labute approximate surface area is 92.7 Å². The van der Waals surface area contributed by atoms with Gasteiger partial charge in [0.2, 0.25) is 0 Å². The molecular formula is C13H21NO. The summed E-state index contributed by atoms with van der Waals surface area (Å²) in [6.45, 7) is 7.23. The van der Waals surface area contributed by atoms with E-state index in [-0.39, 0.29) is 5.41 Å². The van der Waals surface area contributed by atoms with Crippen LogP contribution in [0, 0.1) is 5.41 Å². The summed E-state index contributed by atoms with van der Waals surface area (Å²) in [5.74, 6) is 1.04. The third-order valence-electron chi connectivity index (χ3n) is 2.60. The van der Waals surface area contributed by atoms with E-state index in [0.29, 0.717) is 0 Å². The molecule has 1 atom stereocenters. The predicted octanol–water partition coefficient (Wildman–Crippen LogP) is 3.70. The minimum Gasteiger partial charge on any atom is -0.497 e. The number of allylic oxidation sites excluding steroid dienone is 3. The quantitative estimate of drug-likeness (QED) is 0.691. The molecule has 0 aromatic rings. The standard InChI is InChI=1S/C13H21NO/c1-4-8-13(3)10-14-9-6-7-12(5-2)15-11-13/h6-7,9-10H,4-5,8,11H2,1-3H3/b9-6-,12-7+,14-10?. The maximum absolute atomic E-state index is 5.80. The number of ether oxygens (including phenoxy) is 1. The topological polar surface area (TPSA) is 21.6 Å². The first-order valence-corrected chi connectivity index (χ1v) is 5.73. The fourth-order valence-corrected chi connectivity index (χ4v) is 1.69. The highest BCUT2D eigenvalue weighted by Crippen LogP contribution is 2.23. The second kappa shape index (κ2) is 5.74. The average Bonchev–Trinajstić information content (AvgIpc) is 2.30. The molecule has 1 unspecified atom stereocenters. The molecule has 0 saturated carbocycles. The van der Waals surface area contributed by atoms with E-state index in [1.807, 2.05) is 24.6 Å². The van der Waals surface area contributed by atoms with Crippen LogP contribution in [-0.4, -0.2) is 12.8 Å². The number of rotatable bonds is 3. The summed E-state index contributed by atoms with van der Waals surface area (Å²) in [7, 11) is 0. The summed E-state index contributed by atoms with van der Waals surface area (Å²) >= 11 is 0. The van der Waals surface area contributed by atoms with Gasteiger partial charge in [0.05, 0.1) is 12.4 Å². The normalized spacial score (nSPS) is 31.8. The lowest BCUT2D eigenvalue weighted by atomic mass is 9.88. The maximum atomic E-state index is 5.80. The zero-order valence-electron chi connectivity index (χ0n) is 9.99. The zero-order chi connectivity index (χ0) is 11.1. The number of nitrogens with zero attached hydrogens (tertiary/aromatic N) is 1. The molecule has 0 N–H and O–H groups in total. The Hall–Kier alpha value is -1.05. The molecule has 0 aromatic heterocycles. The smallest absolute Gasteiger partial charge is 0.0980 e. The van der Waals surface area contributed by atoms with Crippen molar-refractivity contribution in [2.75, 3.05) is 6.61 Å². The first-order valence-electron chi connectivity index (χ1n) is 5.73. The van der Waals surface area contributed by atoms with Crippen LogP contribution in [0.4, 0.5) is 0 Å². The molecule has 0 aliphatic carbocycles. The van der Waals surface area contributed by atoms with Gasteiger partial charge in [-0.05, 0) is 18.6 Å². The molecule has 0 spiro atoms. The Bertz CT molecular complexity index is 278. The molecule has 15 heavy (non-hydrogen) atoms. The summed E-state index contributed by atoms with van der Waals surface area (Å²) < 4.78 is 5.80. The van der Waals surface area contributed by atoms with E-state index in [2.05, 4.69) is 25.8 Å². The monoisotopic (exact) mass is 207 g/mol. The minimum absolute atomic E-state index is 0.0672. The molecule has 0 bridgehead atoms. The SMILES string of the molecule is CCCC1(C)C=N/C=C\C=C(/CC)OC1. The van der Waals surface area contributed by atoms with Gasteiger partial charge < -0.3 is 4.74 Å². The van der Waals surface area contributed by atoms with E-state index in [1.54, 1.807) is 0 Å². The molecule has 1 rings (SSSR count). The number of hydrogen-bond donors (Lipinski definition) is 0. The Morgan fingerprint density at radius 3 is 2.93 bits per heavy atom. The van der Waals surface area contributed by atoms with Gasteiger partial charge in [0, 0.05) is 24.3 Å². The van der Waals surface area contributed by atoms with Gasteiger partial charge in [-0.1, -0.05) is 27.2 Å². The van der Waals surface area contributed by atoms with E-state index < -0.39 is 0 Å². The van der Waals surface area contributed by atoms with Crippen LogP contribution in [0.25, 0.3) is 0 Å². The first-order chi connectivity index (χ1) is 7.20. The molecule has 0 fully saturated rings. The van der Waals surface area contributed by atoms with Crippen molar-refractivity contribution < 1.29 is 4.74 Å². The fraction of sp³-hybridized carbons (Fsp3) is 0.615. The van der Waals surface area contributed by atoms with Crippen LogP contribution in [-0.2, 0) is 4.74 Å². The van der Waals surface area contributed by atoms with E-state index >= 15 is 0 Å². The van der Waals surface area contributed by atoms with Crippen molar-refractivity contribution in [3.63, 3.8) is 0 Å². The molecule has 0 amide bonds. The highest BCUT2D eigenvalue weighted by molar-refractivity contribution is 5.66. The Morgan fingerprint density at radius 2 is 2.27 bits per heavy atom. The van der Waals surface area contributed by atoms with Gasteiger partial charge in [-0.15, -0.1) is 0 Å². The lowest BCUT2D eigenvalue weighted by molar-refractivity contribution is 0.136. The van der Waals surface area contributed by atoms with Crippen molar-refractivity contribution in [3.8, 4) is 0 Å². The van der Waals surface area contributed by atoms with Crippen LogP contribution >= 0.6 is 0 Å². The maximum Gasteiger partial charge on any atom is 0.0980 e. The van der Waals surface area contributed by atoms with Crippen LogP contribution in [0.5, 0.6) is 0 Å². The first kappa shape index (κ1) is 12.0. The second-order valence-electron chi connectivity index (χ2n) is 4.30. The van der Waals surface area contributed by atoms with Gasteiger partial charge in [-0.3, -0.25) is 4.99 Å². The molecule has 84 valence electrons. The highest BCUT2D eigenvalue weighted by atomic mass is 16.5. The summed E-state index contributed by atoms with van der Waals surface area (Å²) in [5, 5.41) is 0. The Morgan fingerprint density at radius 1 is 1.47 bits per heavy atom. The van der Waals surface area contributed by atoms with Crippen molar-refractivity contribution in [3.05, 3.63) is 24.1 Å². The van der Waals surface area contributed by atoms with Crippen LogP contribution < -0.4 is 0 Å². The predicted molar refractivity (Wildman–Crippen MR) is 65.0 cm³/mol. The molecule has 1 heterocycles. The van der Waals surface area contributed by atoms with Crippen molar-refractivity contribution in [2.45, 2.75) is 40.0 Å². The van der Waals surface area contributed by atoms with Gasteiger partial charge in [-0.25, -0.2) is 0 Å². The Balaban J connectivity index is 2.76. The third-order valence-corrected chi connectivity index (χ3v) is 2.60. The van der Waals surface area contributed by atoms with Crippen LogP contribution in [0.1, 0.15) is 40.0 Å². The molecule has 2 heteroatoms. The summed E-state index contributed by atoms with van der Waals surface area (Å²) in [6.07, 6.45) is 11.0. The van der Waals surface area contributed by atoms with Crippen molar-refractivity contribution >= 4 is 6.21 Å². The lowest BCUT2D eigenvalue weighted by Crippen LogP contribution is -2.24.